The Hall–Kier alpha value is -0.920. The molecule has 2 heterocycles. The van der Waals surface area contributed by atoms with Gasteiger partial charge in [-0.2, -0.15) is 0 Å². The Balaban J connectivity index is 1.51. The van der Waals surface area contributed by atoms with Crippen LogP contribution in [0.3, 0.4) is 0 Å². The first-order valence-corrected chi connectivity index (χ1v) is 9.79. The van der Waals surface area contributed by atoms with Gasteiger partial charge in [-0.3, -0.25) is 4.79 Å². The zero-order valence-electron chi connectivity index (χ0n) is 11.6. The average molecular weight is 340 g/mol. The third-order valence-corrected chi connectivity index (χ3v) is 6.61. The summed E-state index contributed by atoms with van der Waals surface area (Å²) in [5.41, 5.74) is 0. The lowest BCUT2D eigenvalue weighted by Gasteiger charge is -2.19. The molecule has 2 aromatic heterocycles. The Morgan fingerprint density at radius 3 is 2.95 bits per heavy atom. The van der Waals surface area contributed by atoms with E-state index in [0.29, 0.717) is 5.13 Å². The Morgan fingerprint density at radius 2 is 2.19 bits per heavy atom. The average Bonchev–Trinajstić information content (AvgIpc) is 3.17. The molecule has 2 aromatic rings. The van der Waals surface area contributed by atoms with Crippen molar-refractivity contribution in [2.75, 3.05) is 5.32 Å². The van der Waals surface area contributed by atoms with Gasteiger partial charge in [-0.25, -0.2) is 0 Å². The summed E-state index contributed by atoms with van der Waals surface area (Å²) in [4.78, 5) is 13.5. The zero-order valence-corrected chi connectivity index (χ0v) is 14.0. The molecule has 1 aliphatic carbocycles. The van der Waals surface area contributed by atoms with Gasteiger partial charge >= 0.3 is 0 Å². The van der Waals surface area contributed by atoms with Crippen LogP contribution in [-0.4, -0.2) is 16.1 Å². The maximum absolute atomic E-state index is 12.1. The SMILES string of the molecule is O=C(Nc1nnc(SCc2cccs2)s1)C1CCCCC1. The second-order valence-corrected chi connectivity index (χ2v) is 8.30. The molecule has 0 unspecified atom stereocenters. The monoisotopic (exact) mass is 339 g/mol. The molecule has 1 saturated carbocycles. The molecule has 0 aliphatic heterocycles. The number of hydrogen-bond donors (Lipinski definition) is 1. The number of hydrogen-bond acceptors (Lipinski definition) is 6. The molecule has 0 atom stereocenters. The molecule has 112 valence electrons. The van der Waals surface area contributed by atoms with Crippen LogP contribution in [-0.2, 0) is 10.5 Å². The van der Waals surface area contributed by atoms with Crippen molar-refractivity contribution in [3.05, 3.63) is 22.4 Å². The van der Waals surface area contributed by atoms with Gasteiger partial charge in [-0.1, -0.05) is 48.4 Å². The van der Waals surface area contributed by atoms with E-state index in [1.807, 2.05) is 0 Å². The number of amides is 1. The van der Waals surface area contributed by atoms with Gasteiger partial charge in [0.2, 0.25) is 11.0 Å². The van der Waals surface area contributed by atoms with E-state index >= 15 is 0 Å². The topological polar surface area (TPSA) is 54.9 Å². The minimum Gasteiger partial charge on any atom is -0.300 e. The van der Waals surface area contributed by atoms with E-state index in [1.165, 1.54) is 22.6 Å². The summed E-state index contributed by atoms with van der Waals surface area (Å²) in [5, 5.41) is 13.8. The van der Waals surface area contributed by atoms with E-state index in [0.717, 1.165) is 35.8 Å². The summed E-state index contributed by atoms with van der Waals surface area (Å²) in [6, 6.07) is 4.17. The number of rotatable bonds is 5. The highest BCUT2D eigenvalue weighted by Gasteiger charge is 2.22. The van der Waals surface area contributed by atoms with Crippen LogP contribution >= 0.6 is 34.4 Å². The van der Waals surface area contributed by atoms with Crippen molar-refractivity contribution in [2.45, 2.75) is 42.2 Å². The minimum absolute atomic E-state index is 0.112. The summed E-state index contributed by atoms with van der Waals surface area (Å²) in [5.74, 6) is 1.17. The van der Waals surface area contributed by atoms with Crippen LogP contribution in [0.2, 0.25) is 0 Å². The molecule has 1 N–H and O–H groups in total. The third-order valence-electron chi connectivity index (χ3n) is 3.53. The maximum Gasteiger partial charge on any atom is 0.229 e. The first kappa shape index (κ1) is 15.0. The molecule has 0 aromatic carbocycles. The smallest absolute Gasteiger partial charge is 0.229 e. The van der Waals surface area contributed by atoms with E-state index in [-0.39, 0.29) is 11.8 Å². The van der Waals surface area contributed by atoms with Crippen LogP contribution in [0.5, 0.6) is 0 Å². The molecule has 1 aliphatic rings. The molecular formula is C14H17N3OS3. The summed E-state index contributed by atoms with van der Waals surface area (Å²) >= 11 is 4.87. The standard InChI is InChI=1S/C14H17N3OS3/c18-12(10-5-2-1-3-6-10)15-13-16-17-14(21-13)20-9-11-7-4-8-19-11/h4,7-8,10H,1-3,5-6,9H2,(H,15,16,18). The number of carbonyl (C=O) groups excluding carboxylic acids is 1. The zero-order chi connectivity index (χ0) is 14.5. The van der Waals surface area contributed by atoms with Crippen LogP contribution < -0.4 is 5.32 Å². The van der Waals surface area contributed by atoms with Crippen LogP contribution in [0.1, 0.15) is 37.0 Å². The summed E-state index contributed by atoms with van der Waals surface area (Å²) in [7, 11) is 0. The maximum atomic E-state index is 12.1. The highest BCUT2D eigenvalue weighted by molar-refractivity contribution is 8.00. The van der Waals surface area contributed by atoms with E-state index in [9.17, 15) is 4.79 Å². The minimum atomic E-state index is 0.112. The van der Waals surface area contributed by atoms with Crippen LogP contribution in [0, 0.1) is 5.92 Å². The van der Waals surface area contributed by atoms with Gasteiger partial charge in [-0.15, -0.1) is 21.5 Å². The van der Waals surface area contributed by atoms with E-state index < -0.39 is 0 Å². The number of thiophene rings is 1. The number of nitrogens with zero attached hydrogens (tertiary/aromatic N) is 2. The van der Waals surface area contributed by atoms with Crippen LogP contribution in [0.15, 0.2) is 21.9 Å². The van der Waals surface area contributed by atoms with Crippen molar-refractivity contribution in [1.82, 2.24) is 10.2 Å². The second kappa shape index (κ2) is 7.38. The molecule has 21 heavy (non-hydrogen) atoms. The predicted molar refractivity (Wildman–Crippen MR) is 89.0 cm³/mol. The van der Waals surface area contributed by atoms with Gasteiger partial charge in [0, 0.05) is 16.5 Å². The van der Waals surface area contributed by atoms with Crippen molar-refractivity contribution in [1.29, 1.82) is 0 Å². The van der Waals surface area contributed by atoms with Gasteiger partial charge in [0.1, 0.15) is 0 Å². The van der Waals surface area contributed by atoms with Crippen molar-refractivity contribution in [2.24, 2.45) is 5.92 Å². The molecule has 4 nitrogen and oxygen atoms in total. The molecule has 0 spiro atoms. The highest BCUT2D eigenvalue weighted by atomic mass is 32.2. The predicted octanol–water partition coefficient (Wildman–Crippen LogP) is 4.41. The first-order valence-electron chi connectivity index (χ1n) is 7.11. The third kappa shape index (κ3) is 4.28. The fourth-order valence-electron chi connectivity index (χ4n) is 2.42. The van der Waals surface area contributed by atoms with Crippen molar-refractivity contribution in [3.63, 3.8) is 0 Å². The molecule has 0 bridgehead atoms. The molecule has 1 amide bonds. The number of aromatic nitrogens is 2. The lowest BCUT2D eigenvalue weighted by atomic mass is 9.89. The Bertz CT molecular complexity index is 576. The van der Waals surface area contributed by atoms with Gasteiger partial charge < -0.3 is 5.32 Å². The van der Waals surface area contributed by atoms with E-state index in [2.05, 4.69) is 33.0 Å². The van der Waals surface area contributed by atoms with Crippen LogP contribution in [0.25, 0.3) is 0 Å². The van der Waals surface area contributed by atoms with Crippen LogP contribution in [0.4, 0.5) is 5.13 Å². The number of thioether (sulfide) groups is 1. The summed E-state index contributed by atoms with van der Waals surface area (Å²) < 4.78 is 0.905. The normalized spacial score (nSPS) is 16.0. The van der Waals surface area contributed by atoms with E-state index in [4.69, 9.17) is 0 Å². The lowest BCUT2D eigenvalue weighted by Crippen LogP contribution is -2.24. The molecule has 1 fully saturated rings. The van der Waals surface area contributed by atoms with E-state index in [1.54, 1.807) is 23.1 Å². The number of nitrogens with one attached hydrogen (secondary N) is 1. The number of carbonyl (C=O) groups is 1. The van der Waals surface area contributed by atoms with Gasteiger partial charge in [0.15, 0.2) is 4.34 Å². The Kier molecular flexibility index (Phi) is 5.27. The van der Waals surface area contributed by atoms with Gasteiger partial charge in [-0.05, 0) is 24.3 Å². The quantitative estimate of drug-likeness (QED) is 0.647. The molecular weight excluding hydrogens is 322 g/mol. The van der Waals surface area contributed by atoms with Crippen molar-refractivity contribution >= 4 is 45.5 Å². The number of anilines is 1. The fraction of sp³-hybridized carbons (Fsp3) is 0.500. The molecule has 0 saturated heterocycles. The van der Waals surface area contributed by atoms with Crippen molar-refractivity contribution < 1.29 is 4.79 Å². The fourth-order valence-corrected chi connectivity index (χ4v) is 4.95. The largest absolute Gasteiger partial charge is 0.300 e. The second-order valence-electron chi connectivity index (χ2n) is 5.07. The van der Waals surface area contributed by atoms with Gasteiger partial charge in [0.05, 0.1) is 0 Å². The summed E-state index contributed by atoms with van der Waals surface area (Å²) in [6.45, 7) is 0. The van der Waals surface area contributed by atoms with Gasteiger partial charge in [0.25, 0.3) is 0 Å². The molecule has 7 heteroatoms. The van der Waals surface area contributed by atoms with Crippen molar-refractivity contribution in [3.8, 4) is 0 Å². The lowest BCUT2D eigenvalue weighted by molar-refractivity contribution is -0.120. The summed E-state index contributed by atoms with van der Waals surface area (Å²) in [6.07, 6.45) is 5.59. The Morgan fingerprint density at radius 1 is 1.33 bits per heavy atom. The Labute approximate surface area is 136 Å². The highest BCUT2D eigenvalue weighted by Crippen LogP contribution is 2.30. The first-order chi connectivity index (χ1) is 10.3. The molecule has 3 rings (SSSR count). The molecule has 0 radical (unpaired) electrons.